The number of carbonyl (C=O) groups excluding carboxylic acids is 1. The fourth-order valence-electron chi connectivity index (χ4n) is 3.13. The minimum absolute atomic E-state index is 0.0419. The number of likely N-dealkylation sites (tertiary alicyclic amines) is 1. The molecule has 2 amide bonds. The molecule has 1 aliphatic rings. The molecule has 1 atom stereocenters. The van der Waals surface area contributed by atoms with Crippen LogP contribution in [0.5, 0.6) is 0 Å². The van der Waals surface area contributed by atoms with Gasteiger partial charge in [0.15, 0.2) is 0 Å². The van der Waals surface area contributed by atoms with Gasteiger partial charge in [-0.25, -0.2) is 4.79 Å². The van der Waals surface area contributed by atoms with Crippen molar-refractivity contribution in [2.75, 3.05) is 25.6 Å². The second-order valence-electron chi connectivity index (χ2n) is 6.09. The highest BCUT2D eigenvalue weighted by Gasteiger charge is 2.28. The summed E-state index contributed by atoms with van der Waals surface area (Å²) in [6.07, 6.45) is 6.52. The van der Waals surface area contributed by atoms with Crippen LogP contribution in [0.2, 0.25) is 0 Å². The zero-order valence-corrected chi connectivity index (χ0v) is 14.0. The van der Waals surface area contributed by atoms with Gasteiger partial charge in [0.1, 0.15) is 0 Å². The molecule has 2 aromatic rings. The number of benzene rings is 1. The summed E-state index contributed by atoms with van der Waals surface area (Å²) in [5, 5.41) is 7.18. The Morgan fingerprint density at radius 1 is 1.38 bits per heavy atom. The second-order valence-corrected chi connectivity index (χ2v) is 6.09. The molecule has 0 aliphatic carbocycles. The topological polar surface area (TPSA) is 59.4 Å². The van der Waals surface area contributed by atoms with Crippen molar-refractivity contribution in [1.29, 1.82) is 0 Å². The van der Waals surface area contributed by atoms with Gasteiger partial charge >= 0.3 is 6.03 Å². The number of hydrogen-bond acceptors (Lipinski definition) is 3. The molecule has 2 heterocycles. The average molecular weight is 328 g/mol. The number of aromatic nitrogens is 2. The third kappa shape index (κ3) is 4.14. The number of nitrogens with one attached hydrogen (secondary N) is 1. The lowest BCUT2D eigenvalue weighted by atomic mass is 10.0. The number of urea groups is 1. The first-order valence-electron chi connectivity index (χ1n) is 8.39. The average Bonchev–Trinajstić information content (AvgIpc) is 3.23. The zero-order chi connectivity index (χ0) is 16.8. The maximum absolute atomic E-state index is 12.6. The van der Waals surface area contributed by atoms with Crippen LogP contribution in [0.3, 0.4) is 0 Å². The SMILES string of the molecule is COCCn1cc(NC(=O)N2CCCC2Cc2ccccc2)cn1. The molecule has 1 aromatic heterocycles. The number of rotatable bonds is 6. The van der Waals surface area contributed by atoms with Crippen molar-refractivity contribution < 1.29 is 9.53 Å². The zero-order valence-electron chi connectivity index (χ0n) is 14.0. The molecule has 1 aliphatic heterocycles. The van der Waals surface area contributed by atoms with Crippen molar-refractivity contribution in [1.82, 2.24) is 14.7 Å². The van der Waals surface area contributed by atoms with Gasteiger partial charge in [-0.2, -0.15) is 5.10 Å². The number of carbonyl (C=O) groups is 1. The molecular formula is C18H24N4O2. The predicted octanol–water partition coefficient (Wildman–Crippen LogP) is 2.77. The highest BCUT2D eigenvalue weighted by Crippen LogP contribution is 2.22. The van der Waals surface area contributed by atoms with Crippen LogP contribution in [-0.4, -0.2) is 47.0 Å². The van der Waals surface area contributed by atoms with Gasteiger partial charge < -0.3 is 15.0 Å². The maximum Gasteiger partial charge on any atom is 0.322 e. The number of amides is 2. The van der Waals surface area contributed by atoms with Crippen LogP contribution >= 0.6 is 0 Å². The van der Waals surface area contributed by atoms with E-state index in [-0.39, 0.29) is 12.1 Å². The van der Waals surface area contributed by atoms with Gasteiger partial charge in [0.05, 0.1) is 25.0 Å². The molecule has 1 unspecified atom stereocenters. The molecule has 1 fully saturated rings. The lowest BCUT2D eigenvalue weighted by Crippen LogP contribution is -2.39. The first-order chi connectivity index (χ1) is 11.8. The molecule has 3 rings (SSSR count). The largest absolute Gasteiger partial charge is 0.383 e. The Hall–Kier alpha value is -2.34. The van der Waals surface area contributed by atoms with Crippen LogP contribution in [0.4, 0.5) is 10.5 Å². The summed E-state index contributed by atoms with van der Waals surface area (Å²) in [6, 6.07) is 10.6. The summed E-state index contributed by atoms with van der Waals surface area (Å²) < 4.78 is 6.80. The van der Waals surface area contributed by atoms with E-state index in [0.29, 0.717) is 13.2 Å². The Balaban J connectivity index is 1.58. The van der Waals surface area contributed by atoms with E-state index >= 15 is 0 Å². The number of anilines is 1. The quantitative estimate of drug-likeness (QED) is 0.887. The molecule has 0 spiro atoms. The fraction of sp³-hybridized carbons (Fsp3) is 0.444. The molecule has 0 radical (unpaired) electrons. The molecule has 1 aromatic carbocycles. The number of hydrogen-bond donors (Lipinski definition) is 1. The second kappa shape index (κ2) is 7.97. The summed E-state index contributed by atoms with van der Waals surface area (Å²) in [5.41, 5.74) is 2.00. The van der Waals surface area contributed by atoms with Gasteiger partial charge in [-0.05, 0) is 24.8 Å². The highest BCUT2D eigenvalue weighted by molar-refractivity contribution is 5.89. The summed E-state index contributed by atoms with van der Waals surface area (Å²) in [7, 11) is 1.66. The van der Waals surface area contributed by atoms with Gasteiger partial charge in [-0.1, -0.05) is 30.3 Å². The fourth-order valence-corrected chi connectivity index (χ4v) is 3.13. The van der Waals surface area contributed by atoms with E-state index in [2.05, 4.69) is 22.5 Å². The molecule has 1 saturated heterocycles. The Morgan fingerprint density at radius 2 is 2.21 bits per heavy atom. The normalized spacial score (nSPS) is 17.2. The molecule has 6 nitrogen and oxygen atoms in total. The first-order valence-corrected chi connectivity index (χ1v) is 8.39. The minimum atomic E-state index is -0.0419. The van der Waals surface area contributed by atoms with Crippen molar-refractivity contribution in [2.24, 2.45) is 0 Å². The Kier molecular flexibility index (Phi) is 5.48. The molecule has 0 bridgehead atoms. The van der Waals surface area contributed by atoms with Crippen molar-refractivity contribution in [3.63, 3.8) is 0 Å². The van der Waals surface area contributed by atoms with Crippen LogP contribution in [0, 0.1) is 0 Å². The Bertz CT molecular complexity index is 656. The summed E-state index contributed by atoms with van der Waals surface area (Å²) in [6.45, 7) is 2.08. The Morgan fingerprint density at radius 3 is 3.00 bits per heavy atom. The molecular weight excluding hydrogens is 304 g/mol. The third-order valence-electron chi connectivity index (χ3n) is 4.36. The molecule has 0 saturated carbocycles. The number of methoxy groups -OCH3 is 1. The monoisotopic (exact) mass is 328 g/mol. The van der Waals surface area contributed by atoms with Crippen LogP contribution in [0.25, 0.3) is 0 Å². The van der Waals surface area contributed by atoms with Gasteiger partial charge in [-0.15, -0.1) is 0 Å². The van der Waals surface area contributed by atoms with E-state index in [1.807, 2.05) is 29.3 Å². The van der Waals surface area contributed by atoms with Gasteiger partial charge in [0.25, 0.3) is 0 Å². The summed E-state index contributed by atoms with van der Waals surface area (Å²) in [5.74, 6) is 0. The lowest BCUT2D eigenvalue weighted by molar-refractivity contribution is 0.183. The van der Waals surface area contributed by atoms with Crippen molar-refractivity contribution in [3.8, 4) is 0 Å². The predicted molar refractivity (Wildman–Crippen MR) is 93.0 cm³/mol. The summed E-state index contributed by atoms with van der Waals surface area (Å²) >= 11 is 0. The number of nitrogens with zero attached hydrogens (tertiary/aromatic N) is 3. The van der Waals surface area contributed by atoms with Gasteiger partial charge in [-0.3, -0.25) is 4.68 Å². The molecule has 1 N–H and O–H groups in total. The molecule has 6 heteroatoms. The smallest absolute Gasteiger partial charge is 0.322 e. The molecule has 128 valence electrons. The standard InChI is InChI=1S/C18H24N4O2/c1-24-11-10-21-14-16(13-19-21)20-18(23)22-9-5-8-17(22)12-15-6-3-2-4-7-15/h2-4,6-7,13-14,17H,5,8-12H2,1H3,(H,20,23). The van der Waals surface area contributed by atoms with E-state index in [4.69, 9.17) is 4.74 Å². The Labute approximate surface area is 142 Å². The third-order valence-corrected chi connectivity index (χ3v) is 4.36. The first kappa shape index (κ1) is 16.5. The highest BCUT2D eigenvalue weighted by atomic mass is 16.5. The van der Waals surface area contributed by atoms with Crippen molar-refractivity contribution in [2.45, 2.75) is 31.8 Å². The van der Waals surface area contributed by atoms with E-state index in [9.17, 15) is 4.79 Å². The van der Waals surface area contributed by atoms with Crippen molar-refractivity contribution in [3.05, 3.63) is 48.3 Å². The number of ether oxygens (including phenoxy) is 1. The van der Waals surface area contributed by atoms with E-state index in [0.717, 1.165) is 31.5 Å². The van der Waals surface area contributed by atoms with Crippen LogP contribution in [0.15, 0.2) is 42.7 Å². The van der Waals surface area contributed by atoms with Crippen molar-refractivity contribution >= 4 is 11.7 Å². The van der Waals surface area contributed by atoms with Crippen LogP contribution < -0.4 is 5.32 Å². The maximum atomic E-state index is 12.6. The lowest BCUT2D eigenvalue weighted by Gasteiger charge is -2.24. The van der Waals surface area contributed by atoms with Crippen LogP contribution in [0.1, 0.15) is 18.4 Å². The van der Waals surface area contributed by atoms with Gasteiger partial charge in [0.2, 0.25) is 0 Å². The molecule has 24 heavy (non-hydrogen) atoms. The van der Waals surface area contributed by atoms with Crippen LogP contribution in [-0.2, 0) is 17.7 Å². The van der Waals surface area contributed by atoms with Gasteiger partial charge in [0, 0.05) is 25.9 Å². The van der Waals surface area contributed by atoms with E-state index in [1.54, 1.807) is 18.0 Å². The minimum Gasteiger partial charge on any atom is -0.383 e. The summed E-state index contributed by atoms with van der Waals surface area (Å²) in [4.78, 5) is 14.5. The van der Waals surface area contributed by atoms with E-state index in [1.165, 1.54) is 5.56 Å². The van der Waals surface area contributed by atoms with E-state index < -0.39 is 0 Å².